The quantitative estimate of drug-likeness (QED) is 0.837. The number of halogens is 1. The lowest BCUT2D eigenvalue weighted by atomic mass is 9.84. The summed E-state index contributed by atoms with van der Waals surface area (Å²) in [5, 5.41) is 10.5. The van der Waals surface area contributed by atoms with Gasteiger partial charge < -0.3 is 9.84 Å². The Morgan fingerprint density at radius 2 is 2.44 bits per heavy atom. The first-order valence-corrected chi connectivity index (χ1v) is 5.59. The fraction of sp³-hybridized carbons (Fsp3) is 0.583. The second-order valence-electron chi connectivity index (χ2n) is 4.28. The van der Waals surface area contributed by atoms with E-state index in [1.807, 2.05) is 6.92 Å². The highest BCUT2D eigenvalue weighted by molar-refractivity contribution is 5.19. The summed E-state index contributed by atoms with van der Waals surface area (Å²) in [5.41, 5.74) is -0.442. The average Bonchev–Trinajstić information content (AvgIpc) is 2.29. The zero-order valence-corrected chi connectivity index (χ0v) is 9.32. The van der Waals surface area contributed by atoms with Crippen LogP contribution < -0.4 is 0 Å². The molecular formula is C12H16FNO2. The summed E-state index contributed by atoms with van der Waals surface area (Å²) >= 11 is 0. The van der Waals surface area contributed by atoms with Gasteiger partial charge in [-0.05, 0) is 12.5 Å². The van der Waals surface area contributed by atoms with Crippen molar-refractivity contribution in [3.05, 3.63) is 29.8 Å². The van der Waals surface area contributed by atoms with Crippen LogP contribution in [0.25, 0.3) is 0 Å². The molecule has 2 heterocycles. The molecule has 2 rings (SSSR count). The van der Waals surface area contributed by atoms with E-state index in [2.05, 4.69) is 4.98 Å². The lowest BCUT2D eigenvalue weighted by molar-refractivity contribution is -0.108. The lowest BCUT2D eigenvalue weighted by Gasteiger charge is -2.36. The van der Waals surface area contributed by atoms with E-state index in [-0.39, 0.29) is 6.10 Å². The van der Waals surface area contributed by atoms with E-state index in [1.54, 1.807) is 0 Å². The molecule has 4 heteroatoms. The molecule has 88 valence electrons. The molecule has 0 radical (unpaired) electrons. The molecule has 1 aromatic heterocycles. The minimum Gasteiger partial charge on any atom is -0.385 e. The maximum absolute atomic E-state index is 13.1. The molecule has 0 aromatic carbocycles. The Bertz CT molecular complexity index is 372. The average molecular weight is 225 g/mol. The third-order valence-corrected chi connectivity index (χ3v) is 3.13. The van der Waals surface area contributed by atoms with Gasteiger partial charge in [0.1, 0.15) is 5.82 Å². The first-order valence-electron chi connectivity index (χ1n) is 5.59. The Morgan fingerprint density at radius 1 is 1.62 bits per heavy atom. The van der Waals surface area contributed by atoms with E-state index in [0.717, 1.165) is 12.6 Å². The van der Waals surface area contributed by atoms with Crippen LogP contribution in [0.2, 0.25) is 0 Å². The summed E-state index contributed by atoms with van der Waals surface area (Å²) in [6.45, 7) is 2.52. The summed E-state index contributed by atoms with van der Waals surface area (Å²) in [6.07, 6.45) is 4.57. The van der Waals surface area contributed by atoms with E-state index in [1.165, 1.54) is 12.3 Å². The first-order chi connectivity index (χ1) is 7.64. The van der Waals surface area contributed by atoms with Crippen molar-refractivity contribution in [3.63, 3.8) is 0 Å². The number of nitrogens with zero attached hydrogens (tertiary/aromatic N) is 1. The molecule has 0 spiro atoms. The van der Waals surface area contributed by atoms with Crippen LogP contribution in [0.4, 0.5) is 4.39 Å². The van der Waals surface area contributed by atoms with E-state index < -0.39 is 11.4 Å². The fourth-order valence-electron chi connectivity index (χ4n) is 2.12. The van der Waals surface area contributed by atoms with Gasteiger partial charge in [0.25, 0.3) is 0 Å². The van der Waals surface area contributed by atoms with Gasteiger partial charge in [-0.25, -0.2) is 4.39 Å². The number of hydrogen-bond acceptors (Lipinski definition) is 3. The number of ether oxygens (including phenoxy) is 1. The third-order valence-electron chi connectivity index (χ3n) is 3.13. The number of rotatable bonds is 2. The van der Waals surface area contributed by atoms with Crippen LogP contribution in [-0.4, -0.2) is 22.8 Å². The second-order valence-corrected chi connectivity index (χ2v) is 4.28. The number of pyridine rings is 1. The van der Waals surface area contributed by atoms with Crippen molar-refractivity contribution in [1.29, 1.82) is 0 Å². The van der Waals surface area contributed by atoms with Gasteiger partial charge in [-0.3, -0.25) is 4.98 Å². The summed E-state index contributed by atoms with van der Waals surface area (Å²) in [6, 6.07) is 1.35. The van der Waals surface area contributed by atoms with Crippen LogP contribution in [-0.2, 0) is 10.3 Å². The number of aromatic nitrogens is 1. The summed E-state index contributed by atoms with van der Waals surface area (Å²) in [7, 11) is 0. The molecule has 1 fully saturated rings. The van der Waals surface area contributed by atoms with Gasteiger partial charge in [-0.15, -0.1) is 0 Å². The van der Waals surface area contributed by atoms with E-state index in [4.69, 9.17) is 4.74 Å². The molecule has 1 aromatic rings. The van der Waals surface area contributed by atoms with Crippen LogP contribution in [0, 0.1) is 5.82 Å². The van der Waals surface area contributed by atoms with Crippen molar-refractivity contribution < 1.29 is 14.2 Å². The largest absolute Gasteiger partial charge is 0.385 e. The molecule has 0 saturated carbocycles. The monoisotopic (exact) mass is 225 g/mol. The molecule has 1 aliphatic rings. The Labute approximate surface area is 94.3 Å². The highest BCUT2D eigenvalue weighted by atomic mass is 19.1. The molecule has 1 saturated heterocycles. The topological polar surface area (TPSA) is 42.4 Å². The van der Waals surface area contributed by atoms with E-state index in [9.17, 15) is 9.50 Å². The van der Waals surface area contributed by atoms with Crippen molar-refractivity contribution >= 4 is 0 Å². The molecule has 2 unspecified atom stereocenters. The number of hydrogen-bond donors (Lipinski definition) is 1. The number of aliphatic hydroxyl groups is 1. The Hall–Kier alpha value is -1.00. The van der Waals surface area contributed by atoms with Crippen molar-refractivity contribution in [2.24, 2.45) is 0 Å². The van der Waals surface area contributed by atoms with Gasteiger partial charge in [0.15, 0.2) is 0 Å². The molecule has 0 aliphatic carbocycles. The molecule has 0 bridgehead atoms. The molecular weight excluding hydrogens is 209 g/mol. The van der Waals surface area contributed by atoms with Gasteiger partial charge >= 0.3 is 0 Å². The Morgan fingerprint density at radius 3 is 3.12 bits per heavy atom. The maximum atomic E-state index is 13.1. The van der Waals surface area contributed by atoms with Crippen LogP contribution in [0.5, 0.6) is 0 Å². The molecule has 0 amide bonds. The molecule has 1 aliphatic heterocycles. The van der Waals surface area contributed by atoms with Crippen molar-refractivity contribution in [1.82, 2.24) is 4.98 Å². The molecule has 1 N–H and O–H groups in total. The normalized spacial score (nSPS) is 30.3. The molecule has 16 heavy (non-hydrogen) atoms. The third kappa shape index (κ3) is 2.23. The van der Waals surface area contributed by atoms with Crippen LogP contribution in [0.1, 0.15) is 31.7 Å². The fourth-order valence-corrected chi connectivity index (χ4v) is 2.12. The van der Waals surface area contributed by atoms with E-state index in [0.29, 0.717) is 25.0 Å². The van der Waals surface area contributed by atoms with Gasteiger partial charge in [-0.2, -0.15) is 0 Å². The van der Waals surface area contributed by atoms with Crippen molar-refractivity contribution in [3.8, 4) is 0 Å². The highest BCUT2D eigenvalue weighted by Gasteiger charge is 2.36. The van der Waals surface area contributed by atoms with Gasteiger partial charge in [0.05, 0.1) is 24.5 Å². The van der Waals surface area contributed by atoms with Gasteiger partial charge in [0.2, 0.25) is 0 Å². The smallest absolute Gasteiger partial charge is 0.141 e. The zero-order valence-electron chi connectivity index (χ0n) is 9.32. The summed E-state index contributed by atoms with van der Waals surface area (Å²) < 4.78 is 18.6. The highest BCUT2D eigenvalue weighted by Crippen LogP contribution is 2.35. The summed E-state index contributed by atoms with van der Waals surface area (Å²) in [5.74, 6) is -0.412. The predicted octanol–water partition coefficient (Wildman–Crippen LogP) is 2.00. The second kappa shape index (κ2) is 4.47. The van der Waals surface area contributed by atoms with Gasteiger partial charge in [-0.1, -0.05) is 6.92 Å². The zero-order chi connectivity index (χ0) is 11.6. The Kier molecular flexibility index (Phi) is 3.21. The van der Waals surface area contributed by atoms with Gasteiger partial charge in [0, 0.05) is 24.6 Å². The predicted molar refractivity (Wildman–Crippen MR) is 57.4 cm³/mol. The Balaban J connectivity index is 2.23. The van der Waals surface area contributed by atoms with E-state index >= 15 is 0 Å². The molecule has 2 atom stereocenters. The van der Waals surface area contributed by atoms with Crippen LogP contribution in [0.15, 0.2) is 18.5 Å². The minimum atomic E-state index is -0.992. The lowest BCUT2D eigenvalue weighted by Crippen LogP contribution is -2.38. The summed E-state index contributed by atoms with van der Waals surface area (Å²) in [4.78, 5) is 3.78. The van der Waals surface area contributed by atoms with Crippen molar-refractivity contribution in [2.75, 3.05) is 6.61 Å². The SMILES string of the molecule is CCC1CC(O)(c2cncc(F)c2)CCO1. The standard InChI is InChI=1S/C12H16FNO2/c1-2-11-6-12(15,3-4-16-11)9-5-10(13)8-14-7-9/h5,7-8,11,15H,2-4,6H2,1H3. The van der Waals surface area contributed by atoms with Crippen molar-refractivity contribution in [2.45, 2.75) is 37.9 Å². The minimum absolute atomic E-state index is 0.0435. The van der Waals surface area contributed by atoms with Crippen LogP contribution >= 0.6 is 0 Å². The maximum Gasteiger partial charge on any atom is 0.141 e. The molecule has 3 nitrogen and oxygen atoms in total. The van der Waals surface area contributed by atoms with Crippen LogP contribution in [0.3, 0.4) is 0 Å². The first kappa shape index (κ1) is 11.5.